The van der Waals surface area contributed by atoms with Crippen molar-refractivity contribution < 1.29 is 9.59 Å². The molecule has 0 unspecified atom stereocenters. The van der Waals surface area contributed by atoms with Gasteiger partial charge in [0, 0.05) is 11.4 Å². The first kappa shape index (κ1) is 15.2. The van der Waals surface area contributed by atoms with Crippen LogP contribution < -0.4 is 10.6 Å². The molecule has 0 aliphatic rings. The first-order chi connectivity index (χ1) is 10.1. The molecular formula is C15H17N3O2S. The Balaban J connectivity index is 1.79. The number of amides is 2. The van der Waals surface area contributed by atoms with Gasteiger partial charge in [-0.15, -0.1) is 11.3 Å². The summed E-state index contributed by atoms with van der Waals surface area (Å²) in [7, 11) is 0. The van der Waals surface area contributed by atoms with Crippen molar-refractivity contribution in [2.75, 3.05) is 11.9 Å². The highest BCUT2D eigenvalue weighted by molar-refractivity contribution is 7.15. The zero-order valence-electron chi connectivity index (χ0n) is 12.0. The highest BCUT2D eigenvalue weighted by Gasteiger charge is 2.15. The van der Waals surface area contributed by atoms with Crippen LogP contribution in [0.2, 0.25) is 0 Å². The molecule has 0 atom stereocenters. The van der Waals surface area contributed by atoms with E-state index in [1.807, 2.05) is 44.2 Å². The molecule has 2 rings (SSSR count). The molecule has 110 valence electrons. The maximum absolute atomic E-state index is 11.7. The fourth-order valence-corrected chi connectivity index (χ4v) is 2.54. The number of carbonyl (C=O) groups excluding carboxylic acids is 2. The molecular weight excluding hydrogens is 286 g/mol. The van der Waals surface area contributed by atoms with Crippen LogP contribution in [0.15, 0.2) is 30.3 Å². The molecule has 0 saturated heterocycles. The van der Waals surface area contributed by atoms with Crippen LogP contribution in [-0.2, 0) is 16.0 Å². The summed E-state index contributed by atoms with van der Waals surface area (Å²) in [5, 5.41) is 5.56. The van der Waals surface area contributed by atoms with E-state index in [9.17, 15) is 9.59 Å². The Hall–Kier alpha value is -2.21. The van der Waals surface area contributed by atoms with Crippen molar-refractivity contribution in [1.29, 1.82) is 0 Å². The van der Waals surface area contributed by atoms with Crippen LogP contribution in [0.3, 0.4) is 0 Å². The SMILES string of the molecule is Cc1nc(NC(=O)C(=O)NCCc2ccccc2)sc1C. The molecule has 0 aliphatic carbocycles. The van der Waals surface area contributed by atoms with E-state index in [0.717, 1.165) is 16.1 Å². The minimum Gasteiger partial charge on any atom is -0.347 e. The number of hydrogen-bond acceptors (Lipinski definition) is 4. The summed E-state index contributed by atoms with van der Waals surface area (Å²) < 4.78 is 0. The fourth-order valence-electron chi connectivity index (χ4n) is 1.73. The number of anilines is 1. The highest BCUT2D eigenvalue weighted by atomic mass is 32.1. The van der Waals surface area contributed by atoms with Crippen molar-refractivity contribution in [2.24, 2.45) is 0 Å². The van der Waals surface area contributed by atoms with Gasteiger partial charge in [0.2, 0.25) is 0 Å². The normalized spacial score (nSPS) is 10.2. The summed E-state index contributed by atoms with van der Waals surface area (Å²) in [5.74, 6) is -1.33. The van der Waals surface area contributed by atoms with Crippen LogP contribution in [-0.4, -0.2) is 23.3 Å². The smallest absolute Gasteiger partial charge is 0.315 e. The molecule has 0 aliphatic heterocycles. The highest BCUT2D eigenvalue weighted by Crippen LogP contribution is 2.20. The third kappa shape index (κ3) is 4.39. The molecule has 6 heteroatoms. The zero-order chi connectivity index (χ0) is 15.2. The topological polar surface area (TPSA) is 71.1 Å². The van der Waals surface area contributed by atoms with Crippen LogP contribution in [0.25, 0.3) is 0 Å². The van der Waals surface area contributed by atoms with Gasteiger partial charge in [-0.1, -0.05) is 30.3 Å². The second-order valence-electron chi connectivity index (χ2n) is 4.61. The van der Waals surface area contributed by atoms with Crippen molar-refractivity contribution >= 4 is 28.3 Å². The number of hydrogen-bond donors (Lipinski definition) is 2. The minimum absolute atomic E-state index is 0.423. The predicted molar refractivity (Wildman–Crippen MR) is 83.4 cm³/mol. The minimum atomic E-state index is -0.684. The number of rotatable bonds is 4. The number of benzene rings is 1. The molecule has 21 heavy (non-hydrogen) atoms. The Morgan fingerprint density at radius 1 is 1.14 bits per heavy atom. The first-order valence-corrected chi connectivity index (χ1v) is 7.45. The first-order valence-electron chi connectivity index (χ1n) is 6.63. The molecule has 2 N–H and O–H groups in total. The Morgan fingerprint density at radius 2 is 1.86 bits per heavy atom. The maximum atomic E-state index is 11.7. The van der Waals surface area contributed by atoms with Crippen LogP contribution >= 0.6 is 11.3 Å². The van der Waals surface area contributed by atoms with Crippen molar-refractivity contribution in [3.05, 3.63) is 46.5 Å². The summed E-state index contributed by atoms with van der Waals surface area (Å²) in [6, 6.07) is 9.78. The van der Waals surface area contributed by atoms with E-state index < -0.39 is 11.8 Å². The van der Waals surface area contributed by atoms with Crippen LogP contribution in [0.1, 0.15) is 16.1 Å². The lowest BCUT2D eigenvalue weighted by Gasteiger charge is -2.04. The van der Waals surface area contributed by atoms with Gasteiger partial charge in [0.1, 0.15) is 0 Å². The molecule has 1 aromatic heterocycles. The lowest BCUT2D eigenvalue weighted by molar-refractivity contribution is -0.136. The molecule has 1 aromatic carbocycles. The fraction of sp³-hybridized carbons (Fsp3) is 0.267. The summed E-state index contributed by atoms with van der Waals surface area (Å²) in [6.07, 6.45) is 0.690. The number of carbonyl (C=O) groups is 2. The van der Waals surface area contributed by atoms with E-state index in [0.29, 0.717) is 18.1 Å². The largest absolute Gasteiger partial charge is 0.347 e. The average Bonchev–Trinajstić information content (AvgIpc) is 2.78. The zero-order valence-corrected chi connectivity index (χ0v) is 12.8. The second-order valence-corrected chi connectivity index (χ2v) is 5.81. The van der Waals surface area contributed by atoms with E-state index in [-0.39, 0.29) is 0 Å². The monoisotopic (exact) mass is 303 g/mol. The molecule has 0 fully saturated rings. The van der Waals surface area contributed by atoms with Gasteiger partial charge < -0.3 is 5.32 Å². The quantitative estimate of drug-likeness (QED) is 0.849. The van der Waals surface area contributed by atoms with Crippen LogP contribution in [0, 0.1) is 13.8 Å². The molecule has 0 radical (unpaired) electrons. The van der Waals surface area contributed by atoms with Crippen molar-refractivity contribution in [2.45, 2.75) is 20.3 Å². The third-order valence-electron chi connectivity index (χ3n) is 3.00. The van der Waals surface area contributed by atoms with Gasteiger partial charge in [0.25, 0.3) is 0 Å². The molecule has 0 saturated carbocycles. The Morgan fingerprint density at radius 3 is 2.48 bits per heavy atom. The molecule has 2 aromatic rings. The van der Waals surface area contributed by atoms with E-state index in [4.69, 9.17) is 0 Å². The third-order valence-corrected chi connectivity index (χ3v) is 3.99. The molecule has 2 amide bonds. The number of aromatic nitrogens is 1. The number of nitrogens with one attached hydrogen (secondary N) is 2. The summed E-state index contributed by atoms with van der Waals surface area (Å²) in [4.78, 5) is 28.6. The van der Waals surface area contributed by atoms with Gasteiger partial charge >= 0.3 is 11.8 Å². The Bertz CT molecular complexity index is 618. The Kier molecular flexibility index (Phi) is 5.05. The van der Waals surface area contributed by atoms with Gasteiger partial charge in [-0.25, -0.2) is 4.98 Å². The average molecular weight is 303 g/mol. The second kappa shape index (κ2) is 6.99. The number of thiazole rings is 1. The molecule has 5 nitrogen and oxygen atoms in total. The van der Waals surface area contributed by atoms with Gasteiger partial charge in [-0.05, 0) is 25.8 Å². The molecule has 0 bridgehead atoms. The van der Waals surface area contributed by atoms with Gasteiger partial charge in [-0.2, -0.15) is 0 Å². The van der Waals surface area contributed by atoms with Gasteiger partial charge in [0.15, 0.2) is 5.13 Å². The lowest BCUT2D eigenvalue weighted by atomic mass is 10.1. The molecule has 0 spiro atoms. The summed E-state index contributed by atoms with van der Waals surface area (Å²) >= 11 is 1.36. The van der Waals surface area contributed by atoms with E-state index in [1.54, 1.807) is 0 Å². The van der Waals surface area contributed by atoms with E-state index in [1.165, 1.54) is 11.3 Å². The standard InChI is InChI=1S/C15H17N3O2S/c1-10-11(2)21-15(17-10)18-14(20)13(19)16-9-8-12-6-4-3-5-7-12/h3-7H,8-9H2,1-2H3,(H,16,19)(H,17,18,20). The van der Waals surface area contributed by atoms with Gasteiger partial charge in [0.05, 0.1) is 5.69 Å². The van der Waals surface area contributed by atoms with Crippen LogP contribution in [0.4, 0.5) is 5.13 Å². The van der Waals surface area contributed by atoms with Crippen molar-refractivity contribution in [1.82, 2.24) is 10.3 Å². The lowest BCUT2D eigenvalue weighted by Crippen LogP contribution is -2.36. The van der Waals surface area contributed by atoms with E-state index in [2.05, 4.69) is 15.6 Å². The molecule has 1 heterocycles. The maximum Gasteiger partial charge on any atom is 0.315 e. The van der Waals surface area contributed by atoms with Crippen LogP contribution in [0.5, 0.6) is 0 Å². The number of aryl methyl sites for hydroxylation is 2. The van der Waals surface area contributed by atoms with Crippen molar-refractivity contribution in [3.8, 4) is 0 Å². The predicted octanol–water partition coefficient (Wildman–Crippen LogP) is 2.06. The van der Waals surface area contributed by atoms with Crippen molar-refractivity contribution in [3.63, 3.8) is 0 Å². The number of nitrogens with zero attached hydrogens (tertiary/aromatic N) is 1. The van der Waals surface area contributed by atoms with E-state index >= 15 is 0 Å². The Labute approximate surface area is 127 Å². The summed E-state index contributed by atoms with van der Waals surface area (Å²) in [6.45, 7) is 4.20. The van der Waals surface area contributed by atoms with Gasteiger partial charge in [-0.3, -0.25) is 14.9 Å². The summed E-state index contributed by atoms with van der Waals surface area (Å²) in [5.41, 5.74) is 1.98.